The highest BCUT2D eigenvalue weighted by Gasteiger charge is 2.35. The Bertz CT molecular complexity index is 651. The first kappa shape index (κ1) is 11.6. The number of nitrogens with zero attached hydrogens (tertiary/aromatic N) is 4. The summed E-state index contributed by atoms with van der Waals surface area (Å²) in [6.07, 6.45) is 7.43. The van der Waals surface area contributed by atoms with E-state index in [0.717, 1.165) is 0 Å². The van der Waals surface area contributed by atoms with Gasteiger partial charge in [-0.25, -0.2) is 9.31 Å². The van der Waals surface area contributed by atoms with Gasteiger partial charge in [0.15, 0.2) is 0 Å². The van der Waals surface area contributed by atoms with E-state index in [4.69, 9.17) is 5.11 Å². The van der Waals surface area contributed by atoms with Gasteiger partial charge in [0, 0.05) is 18.9 Å². The first-order chi connectivity index (χ1) is 9.18. The first-order valence-corrected chi connectivity index (χ1v) is 5.99. The summed E-state index contributed by atoms with van der Waals surface area (Å²) in [4.78, 5) is 28.9. The van der Waals surface area contributed by atoms with Gasteiger partial charge >= 0.3 is 5.97 Å². The number of carboxylic acid groups (broad SMARTS) is 1. The van der Waals surface area contributed by atoms with Gasteiger partial charge in [-0.1, -0.05) is 0 Å². The number of carbonyl (C=O) groups excluding carboxylic acids is 1. The average Bonchev–Trinajstić information content (AvgIpc) is 3.05. The fraction of sp³-hybridized carbons (Fsp3) is 0.333. The van der Waals surface area contributed by atoms with E-state index in [1.54, 1.807) is 23.1 Å². The minimum Gasteiger partial charge on any atom is -0.480 e. The van der Waals surface area contributed by atoms with Crippen molar-refractivity contribution in [1.29, 1.82) is 0 Å². The van der Waals surface area contributed by atoms with Crippen molar-refractivity contribution in [3.63, 3.8) is 0 Å². The summed E-state index contributed by atoms with van der Waals surface area (Å²) < 4.78 is 1.55. The number of carbonyl (C=O) groups is 2. The number of likely N-dealkylation sites (tertiary alicyclic amines) is 1. The number of aromatic nitrogens is 3. The zero-order valence-corrected chi connectivity index (χ0v) is 10.1. The van der Waals surface area contributed by atoms with Crippen LogP contribution >= 0.6 is 0 Å². The lowest BCUT2D eigenvalue weighted by Gasteiger charge is -2.20. The van der Waals surface area contributed by atoms with Crippen molar-refractivity contribution in [1.82, 2.24) is 19.5 Å². The van der Waals surface area contributed by atoms with E-state index in [9.17, 15) is 9.59 Å². The van der Waals surface area contributed by atoms with Gasteiger partial charge in [-0.2, -0.15) is 5.10 Å². The molecule has 7 heteroatoms. The molecule has 0 aromatic carbocycles. The summed E-state index contributed by atoms with van der Waals surface area (Å²) in [5.74, 6) is -1.26. The largest absolute Gasteiger partial charge is 0.480 e. The summed E-state index contributed by atoms with van der Waals surface area (Å²) in [5, 5.41) is 13.2. The Morgan fingerprint density at radius 1 is 1.37 bits per heavy atom. The fourth-order valence-electron chi connectivity index (χ4n) is 2.42. The van der Waals surface area contributed by atoms with Crippen LogP contribution in [0.15, 0.2) is 24.8 Å². The van der Waals surface area contributed by atoms with Gasteiger partial charge < -0.3 is 10.0 Å². The fourth-order valence-corrected chi connectivity index (χ4v) is 2.42. The molecule has 2 aromatic heterocycles. The van der Waals surface area contributed by atoms with Crippen LogP contribution < -0.4 is 0 Å². The van der Waals surface area contributed by atoms with Crippen molar-refractivity contribution in [3.05, 3.63) is 30.4 Å². The molecule has 1 fully saturated rings. The van der Waals surface area contributed by atoms with Gasteiger partial charge in [0.2, 0.25) is 0 Å². The molecule has 1 saturated heterocycles. The lowest BCUT2D eigenvalue weighted by Crippen LogP contribution is -2.40. The molecule has 3 rings (SSSR count). The third-order valence-electron chi connectivity index (χ3n) is 3.35. The zero-order valence-electron chi connectivity index (χ0n) is 10.1. The molecule has 1 aliphatic heterocycles. The van der Waals surface area contributed by atoms with Crippen molar-refractivity contribution < 1.29 is 14.7 Å². The van der Waals surface area contributed by atoms with Crippen molar-refractivity contribution >= 4 is 17.4 Å². The molecule has 0 radical (unpaired) electrons. The molecular formula is C12H12N4O3. The molecule has 0 unspecified atom stereocenters. The maximum atomic E-state index is 12.4. The molecule has 98 valence electrons. The van der Waals surface area contributed by atoms with Gasteiger partial charge in [-0.05, 0) is 12.8 Å². The Kier molecular flexibility index (Phi) is 2.66. The summed E-state index contributed by atoms with van der Waals surface area (Å²) in [6.45, 7) is 0.466. The Labute approximate surface area is 108 Å². The minimum absolute atomic E-state index is 0.298. The first-order valence-electron chi connectivity index (χ1n) is 5.99. The van der Waals surface area contributed by atoms with Crippen molar-refractivity contribution in [3.8, 4) is 0 Å². The van der Waals surface area contributed by atoms with Gasteiger partial charge in [-0.3, -0.25) is 9.78 Å². The van der Waals surface area contributed by atoms with Crippen LogP contribution in [0.2, 0.25) is 0 Å². The third kappa shape index (κ3) is 1.83. The van der Waals surface area contributed by atoms with Gasteiger partial charge in [0.1, 0.15) is 6.04 Å². The number of carboxylic acids is 1. The van der Waals surface area contributed by atoms with Crippen LogP contribution in [-0.4, -0.2) is 49.1 Å². The molecular weight excluding hydrogens is 248 g/mol. The maximum absolute atomic E-state index is 12.4. The summed E-state index contributed by atoms with van der Waals surface area (Å²) in [6, 6.07) is -0.737. The molecule has 0 aliphatic carbocycles. The highest BCUT2D eigenvalue weighted by atomic mass is 16.4. The predicted molar refractivity (Wildman–Crippen MR) is 64.7 cm³/mol. The molecule has 0 saturated carbocycles. The molecule has 0 bridgehead atoms. The lowest BCUT2D eigenvalue weighted by molar-refractivity contribution is -0.141. The number of hydrogen-bond acceptors (Lipinski definition) is 4. The molecule has 2 aromatic rings. The summed E-state index contributed by atoms with van der Waals surface area (Å²) in [5.41, 5.74) is 0.977. The van der Waals surface area contributed by atoms with Crippen LogP contribution in [0.1, 0.15) is 23.2 Å². The quantitative estimate of drug-likeness (QED) is 0.845. The topological polar surface area (TPSA) is 87.8 Å². The molecule has 3 heterocycles. The van der Waals surface area contributed by atoms with Crippen LogP contribution in [0, 0.1) is 0 Å². The van der Waals surface area contributed by atoms with Gasteiger partial charge in [-0.15, -0.1) is 0 Å². The monoisotopic (exact) mass is 260 g/mol. The zero-order chi connectivity index (χ0) is 13.4. The predicted octanol–water partition coefficient (Wildman–Crippen LogP) is 0.418. The van der Waals surface area contributed by atoms with Crippen LogP contribution in [0.3, 0.4) is 0 Å². The number of fused-ring (bicyclic) bond motifs is 1. The van der Waals surface area contributed by atoms with Gasteiger partial charge in [0.25, 0.3) is 5.91 Å². The summed E-state index contributed by atoms with van der Waals surface area (Å²) >= 11 is 0. The Morgan fingerprint density at radius 3 is 3.00 bits per heavy atom. The molecule has 1 aliphatic rings. The van der Waals surface area contributed by atoms with E-state index < -0.39 is 12.0 Å². The van der Waals surface area contributed by atoms with E-state index in [0.29, 0.717) is 30.5 Å². The molecule has 0 spiro atoms. The van der Waals surface area contributed by atoms with E-state index in [-0.39, 0.29) is 5.91 Å². The number of hydrogen-bond donors (Lipinski definition) is 1. The second-order valence-electron chi connectivity index (χ2n) is 4.46. The smallest absolute Gasteiger partial charge is 0.326 e. The Morgan fingerprint density at radius 2 is 2.21 bits per heavy atom. The third-order valence-corrected chi connectivity index (χ3v) is 3.35. The second-order valence-corrected chi connectivity index (χ2v) is 4.46. The number of amides is 1. The van der Waals surface area contributed by atoms with Crippen LogP contribution in [0.4, 0.5) is 0 Å². The van der Waals surface area contributed by atoms with Crippen LogP contribution in [0.25, 0.3) is 5.52 Å². The number of aliphatic carboxylic acids is 1. The van der Waals surface area contributed by atoms with Crippen LogP contribution in [-0.2, 0) is 4.79 Å². The average molecular weight is 260 g/mol. The molecule has 1 atom stereocenters. The molecule has 19 heavy (non-hydrogen) atoms. The Balaban J connectivity index is 1.98. The van der Waals surface area contributed by atoms with Crippen molar-refractivity contribution in [2.45, 2.75) is 18.9 Å². The maximum Gasteiger partial charge on any atom is 0.326 e. The number of rotatable bonds is 2. The molecule has 1 N–H and O–H groups in total. The lowest BCUT2D eigenvalue weighted by atomic mass is 10.2. The second kappa shape index (κ2) is 4.34. The highest BCUT2D eigenvalue weighted by molar-refractivity contribution is 6.02. The van der Waals surface area contributed by atoms with Crippen LogP contribution in [0.5, 0.6) is 0 Å². The summed E-state index contributed by atoms with van der Waals surface area (Å²) in [7, 11) is 0. The highest BCUT2D eigenvalue weighted by Crippen LogP contribution is 2.21. The SMILES string of the molecule is O=C(O)[C@H]1CCCN1C(=O)c1cnn2ccncc12. The minimum atomic E-state index is -0.958. The van der Waals surface area contributed by atoms with E-state index in [1.165, 1.54) is 11.1 Å². The van der Waals surface area contributed by atoms with E-state index in [1.807, 2.05) is 0 Å². The molecule has 7 nitrogen and oxygen atoms in total. The van der Waals surface area contributed by atoms with Gasteiger partial charge in [0.05, 0.1) is 23.5 Å². The van der Waals surface area contributed by atoms with Crippen molar-refractivity contribution in [2.75, 3.05) is 6.54 Å². The van der Waals surface area contributed by atoms with E-state index >= 15 is 0 Å². The Hall–Kier alpha value is -2.44. The van der Waals surface area contributed by atoms with Crippen molar-refractivity contribution in [2.24, 2.45) is 0 Å². The standard InChI is InChI=1S/C12H12N4O3/c17-11(15-4-1-2-9(15)12(18)19)8-6-14-16-5-3-13-7-10(8)16/h3,5-7,9H,1-2,4H2,(H,18,19)/t9-/m1/s1. The normalized spacial score (nSPS) is 18.9. The van der Waals surface area contributed by atoms with E-state index in [2.05, 4.69) is 10.1 Å². The molecule has 1 amide bonds.